The highest BCUT2D eigenvalue weighted by atomic mass is 16.5. The van der Waals surface area contributed by atoms with Gasteiger partial charge in [-0.2, -0.15) is 0 Å². The third-order valence-corrected chi connectivity index (χ3v) is 7.02. The Morgan fingerprint density at radius 1 is 0.970 bits per heavy atom. The molecule has 2 aliphatic rings. The number of ether oxygens (including phenoxy) is 3. The van der Waals surface area contributed by atoms with Crippen molar-refractivity contribution in [3.05, 3.63) is 35.9 Å². The average molecular weight is 454 g/mol. The smallest absolute Gasteiger partial charge is 0.341 e. The highest BCUT2D eigenvalue weighted by Crippen LogP contribution is 2.34. The van der Waals surface area contributed by atoms with E-state index >= 15 is 0 Å². The fourth-order valence-corrected chi connectivity index (χ4v) is 5.11. The van der Waals surface area contributed by atoms with E-state index in [2.05, 4.69) is 5.32 Å². The van der Waals surface area contributed by atoms with E-state index in [9.17, 15) is 4.79 Å². The van der Waals surface area contributed by atoms with E-state index < -0.39 is 0 Å². The molecule has 0 bridgehead atoms. The zero-order valence-electron chi connectivity index (χ0n) is 20.1. The summed E-state index contributed by atoms with van der Waals surface area (Å²) in [7, 11) is 0. The molecular formula is C28H39NO4. The minimum atomic E-state index is -0.337. The van der Waals surface area contributed by atoms with Crippen LogP contribution in [0, 0.1) is 5.92 Å². The van der Waals surface area contributed by atoms with Crippen LogP contribution in [0.1, 0.15) is 81.5 Å². The maximum Gasteiger partial charge on any atom is 0.341 e. The molecule has 1 heterocycles. The maximum absolute atomic E-state index is 12.7. The van der Waals surface area contributed by atoms with Crippen LogP contribution >= 0.6 is 0 Å². The van der Waals surface area contributed by atoms with Crippen molar-refractivity contribution < 1.29 is 19.0 Å². The number of nitrogens with one attached hydrogen (secondary N) is 1. The number of hydrogen-bond acceptors (Lipinski definition) is 5. The Kier molecular flexibility index (Phi) is 8.87. The number of carbonyl (C=O) groups excluding carboxylic acids is 1. The van der Waals surface area contributed by atoms with Gasteiger partial charge in [-0.3, -0.25) is 0 Å². The predicted molar refractivity (Wildman–Crippen MR) is 132 cm³/mol. The molecule has 1 saturated heterocycles. The molecule has 2 fully saturated rings. The predicted octanol–water partition coefficient (Wildman–Crippen LogP) is 6.28. The number of benzene rings is 2. The summed E-state index contributed by atoms with van der Waals surface area (Å²) < 4.78 is 17.8. The van der Waals surface area contributed by atoms with Gasteiger partial charge in [0.25, 0.3) is 0 Å². The Morgan fingerprint density at radius 2 is 1.79 bits per heavy atom. The van der Waals surface area contributed by atoms with Crippen molar-refractivity contribution in [2.24, 2.45) is 5.92 Å². The SMILES string of the molecule is CCOC(=O)c1cc2cccc(OCC3CCCCC3)c2cc1OCCC1CCCCCN1. The second-order valence-corrected chi connectivity index (χ2v) is 9.50. The molecular weight excluding hydrogens is 414 g/mol. The van der Waals surface area contributed by atoms with Gasteiger partial charge in [0.1, 0.15) is 17.1 Å². The molecule has 2 aromatic rings. The summed E-state index contributed by atoms with van der Waals surface area (Å²) in [5.74, 6) is 1.75. The van der Waals surface area contributed by atoms with Gasteiger partial charge in [-0.1, -0.05) is 44.2 Å². The van der Waals surface area contributed by atoms with Crippen molar-refractivity contribution >= 4 is 16.7 Å². The van der Waals surface area contributed by atoms with Crippen molar-refractivity contribution in [3.63, 3.8) is 0 Å². The minimum Gasteiger partial charge on any atom is -0.493 e. The Morgan fingerprint density at radius 3 is 2.64 bits per heavy atom. The quantitative estimate of drug-likeness (QED) is 0.453. The molecule has 0 spiro atoms. The normalized spacial score (nSPS) is 19.7. The summed E-state index contributed by atoms with van der Waals surface area (Å²) >= 11 is 0. The van der Waals surface area contributed by atoms with Crippen molar-refractivity contribution in [3.8, 4) is 11.5 Å². The second kappa shape index (κ2) is 12.3. The molecule has 33 heavy (non-hydrogen) atoms. The van der Waals surface area contributed by atoms with Gasteiger partial charge in [0.15, 0.2) is 0 Å². The zero-order valence-corrected chi connectivity index (χ0v) is 20.1. The zero-order chi connectivity index (χ0) is 22.9. The van der Waals surface area contributed by atoms with Crippen LogP contribution in [0.3, 0.4) is 0 Å². The van der Waals surface area contributed by atoms with Crippen LogP contribution in [-0.2, 0) is 4.74 Å². The lowest BCUT2D eigenvalue weighted by Crippen LogP contribution is -2.29. The van der Waals surface area contributed by atoms with Gasteiger partial charge >= 0.3 is 5.97 Å². The summed E-state index contributed by atoms with van der Waals surface area (Å²) in [5, 5.41) is 5.58. The van der Waals surface area contributed by atoms with Gasteiger partial charge in [0, 0.05) is 11.4 Å². The van der Waals surface area contributed by atoms with Crippen molar-refractivity contribution in [2.75, 3.05) is 26.4 Å². The van der Waals surface area contributed by atoms with Crippen LogP contribution in [0.25, 0.3) is 10.8 Å². The third kappa shape index (κ3) is 6.63. The van der Waals surface area contributed by atoms with Gasteiger partial charge in [-0.15, -0.1) is 0 Å². The third-order valence-electron chi connectivity index (χ3n) is 7.02. The lowest BCUT2D eigenvalue weighted by molar-refractivity contribution is 0.0521. The Hall–Kier alpha value is -2.27. The summed E-state index contributed by atoms with van der Waals surface area (Å²) in [6, 6.07) is 10.4. The van der Waals surface area contributed by atoms with Gasteiger partial charge in [-0.05, 0) is 75.1 Å². The van der Waals surface area contributed by atoms with E-state index in [0.717, 1.165) is 36.1 Å². The second-order valence-electron chi connectivity index (χ2n) is 9.50. The molecule has 4 rings (SSSR count). The molecule has 1 atom stereocenters. The van der Waals surface area contributed by atoms with Crippen LogP contribution < -0.4 is 14.8 Å². The minimum absolute atomic E-state index is 0.337. The topological polar surface area (TPSA) is 56.8 Å². The highest BCUT2D eigenvalue weighted by Gasteiger charge is 2.19. The van der Waals surface area contributed by atoms with Crippen molar-refractivity contribution in [1.29, 1.82) is 0 Å². The number of rotatable bonds is 9. The molecule has 1 aliphatic carbocycles. The van der Waals surface area contributed by atoms with Crippen molar-refractivity contribution in [2.45, 2.75) is 77.2 Å². The monoisotopic (exact) mass is 453 g/mol. The summed E-state index contributed by atoms with van der Waals surface area (Å²) in [6.07, 6.45) is 12.4. The largest absolute Gasteiger partial charge is 0.493 e. The van der Waals surface area contributed by atoms with Gasteiger partial charge < -0.3 is 19.5 Å². The highest BCUT2D eigenvalue weighted by molar-refractivity contribution is 6.00. The lowest BCUT2D eigenvalue weighted by atomic mass is 9.90. The molecule has 0 aromatic heterocycles. The van der Waals surface area contributed by atoms with E-state index in [1.54, 1.807) is 0 Å². The summed E-state index contributed by atoms with van der Waals surface area (Å²) in [4.78, 5) is 12.7. The average Bonchev–Trinajstić information content (AvgIpc) is 3.12. The number of fused-ring (bicyclic) bond motifs is 1. The number of carbonyl (C=O) groups is 1. The van der Waals surface area contributed by atoms with Crippen molar-refractivity contribution in [1.82, 2.24) is 5.32 Å². The fourth-order valence-electron chi connectivity index (χ4n) is 5.11. The van der Waals surface area contributed by atoms with Gasteiger partial charge in [0.2, 0.25) is 0 Å². The van der Waals surface area contributed by atoms with Crippen LogP contribution in [-0.4, -0.2) is 38.4 Å². The molecule has 1 unspecified atom stereocenters. The molecule has 1 saturated carbocycles. The van der Waals surface area contributed by atoms with Crippen LogP contribution in [0.15, 0.2) is 30.3 Å². The number of esters is 1. The first kappa shape index (κ1) is 23.9. The van der Waals surface area contributed by atoms with E-state index in [0.29, 0.717) is 36.5 Å². The first-order valence-electron chi connectivity index (χ1n) is 13.0. The van der Waals surface area contributed by atoms with E-state index in [1.807, 2.05) is 37.3 Å². The summed E-state index contributed by atoms with van der Waals surface area (Å²) in [6.45, 7) is 4.57. The standard InChI is InChI=1S/C28H39NO4/c1-2-31-28(30)25-18-22-12-9-14-26(33-20-21-10-5-3-6-11-21)24(22)19-27(25)32-17-15-23-13-7-4-8-16-29-23/h9,12,14,18-19,21,23,29H,2-8,10-11,13,15-17,20H2,1H3. The maximum atomic E-state index is 12.7. The van der Waals surface area contributed by atoms with Crippen LogP contribution in [0.5, 0.6) is 11.5 Å². The van der Waals surface area contributed by atoms with E-state index in [-0.39, 0.29) is 5.97 Å². The molecule has 5 nitrogen and oxygen atoms in total. The Balaban J connectivity index is 1.52. The number of hydrogen-bond donors (Lipinski definition) is 1. The molecule has 5 heteroatoms. The lowest BCUT2D eigenvalue weighted by Gasteiger charge is -2.22. The fraction of sp³-hybridized carbons (Fsp3) is 0.607. The van der Waals surface area contributed by atoms with E-state index in [1.165, 1.54) is 57.8 Å². The first-order chi connectivity index (χ1) is 16.2. The van der Waals surface area contributed by atoms with Gasteiger partial charge in [0.05, 0.1) is 19.8 Å². The van der Waals surface area contributed by atoms with Gasteiger partial charge in [-0.25, -0.2) is 4.79 Å². The molecule has 0 amide bonds. The van der Waals surface area contributed by atoms with Crippen LogP contribution in [0.4, 0.5) is 0 Å². The Bertz CT molecular complexity index is 898. The molecule has 180 valence electrons. The summed E-state index contributed by atoms with van der Waals surface area (Å²) in [5.41, 5.74) is 0.489. The molecule has 1 N–H and O–H groups in total. The molecule has 1 aliphatic heterocycles. The van der Waals surface area contributed by atoms with E-state index in [4.69, 9.17) is 14.2 Å². The molecule has 0 radical (unpaired) electrons. The molecule has 2 aromatic carbocycles. The van der Waals surface area contributed by atoms with Crippen LogP contribution in [0.2, 0.25) is 0 Å². The first-order valence-corrected chi connectivity index (χ1v) is 13.0. The Labute approximate surface area is 198 Å².